The SMILES string of the molecule is CCOC(=O)C1=C(COc2cccc(C(=O)OC)c2)NC(=O)NC1. The summed E-state index contributed by atoms with van der Waals surface area (Å²) >= 11 is 0. The van der Waals surface area contributed by atoms with Crippen LogP contribution in [0, 0.1) is 0 Å². The highest BCUT2D eigenvalue weighted by Gasteiger charge is 2.24. The van der Waals surface area contributed by atoms with E-state index in [-0.39, 0.29) is 19.8 Å². The summed E-state index contributed by atoms with van der Waals surface area (Å²) in [5.41, 5.74) is 0.949. The Bertz CT molecular complexity index is 683. The fourth-order valence-electron chi connectivity index (χ4n) is 2.06. The standard InChI is InChI=1S/C16H18N2O6/c1-3-23-15(20)12-8-17-16(21)18-13(12)9-24-11-6-4-5-10(7-11)14(19)22-2/h4-7H,3,8-9H2,1-2H3,(H2,17,18,21). The molecular weight excluding hydrogens is 316 g/mol. The molecule has 1 aliphatic heterocycles. The van der Waals surface area contributed by atoms with Crippen molar-refractivity contribution < 1.29 is 28.6 Å². The molecule has 128 valence electrons. The Morgan fingerprint density at radius 1 is 1.25 bits per heavy atom. The zero-order valence-electron chi connectivity index (χ0n) is 13.4. The first-order valence-electron chi connectivity index (χ1n) is 7.30. The number of esters is 2. The highest BCUT2D eigenvalue weighted by atomic mass is 16.5. The highest BCUT2D eigenvalue weighted by Crippen LogP contribution is 2.16. The van der Waals surface area contributed by atoms with Crippen molar-refractivity contribution >= 4 is 18.0 Å². The molecule has 1 heterocycles. The molecule has 0 saturated carbocycles. The van der Waals surface area contributed by atoms with Crippen molar-refractivity contribution in [3.8, 4) is 5.75 Å². The summed E-state index contributed by atoms with van der Waals surface area (Å²) in [4.78, 5) is 34.9. The van der Waals surface area contributed by atoms with Crippen LogP contribution in [0.25, 0.3) is 0 Å². The van der Waals surface area contributed by atoms with Gasteiger partial charge in [-0.15, -0.1) is 0 Å². The Morgan fingerprint density at radius 3 is 2.75 bits per heavy atom. The van der Waals surface area contributed by atoms with Crippen molar-refractivity contribution in [2.45, 2.75) is 6.92 Å². The molecule has 8 nitrogen and oxygen atoms in total. The lowest BCUT2D eigenvalue weighted by atomic mass is 10.1. The Kier molecular flexibility index (Phi) is 5.78. The molecule has 0 aromatic heterocycles. The molecule has 0 spiro atoms. The molecule has 8 heteroatoms. The van der Waals surface area contributed by atoms with Crippen molar-refractivity contribution in [2.75, 3.05) is 26.9 Å². The number of hydrogen-bond donors (Lipinski definition) is 2. The third kappa shape index (κ3) is 4.25. The second-order valence-corrected chi connectivity index (χ2v) is 4.79. The van der Waals surface area contributed by atoms with Crippen LogP contribution in [0.4, 0.5) is 4.79 Å². The molecule has 2 amide bonds. The molecule has 1 aromatic rings. The highest BCUT2D eigenvalue weighted by molar-refractivity contribution is 5.93. The maximum Gasteiger partial charge on any atom is 0.337 e. The van der Waals surface area contributed by atoms with Gasteiger partial charge in [-0.25, -0.2) is 14.4 Å². The molecule has 0 fully saturated rings. The molecule has 2 N–H and O–H groups in total. The molecule has 2 rings (SSSR count). The maximum atomic E-state index is 11.9. The molecule has 0 radical (unpaired) electrons. The van der Waals surface area contributed by atoms with Crippen molar-refractivity contribution in [3.63, 3.8) is 0 Å². The van der Waals surface area contributed by atoms with Crippen molar-refractivity contribution in [1.82, 2.24) is 10.6 Å². The maximum absolute atomic E-state index is 11.9. The van der Waals surface area contributed by atoms with E-state index in [2.05, 4.69) is 15.4 Å². The van der Waals surface area contributed by atoms with Gasteiger partial charge in [0.15, 0.2) is 0 Å². The lowest BCUT2D eigenvalue weighted by molar-refractivity contribution is -0.138. The van der Waals surface area contributed by atoms with Crippen LogP contribution < -0.4 is 15.4 Å². The zero-order chi connectivity index (χ0) is 17.5. The van der Waals surface area contributed by atoms with E-state index < -0.39 is 18.0 Å². The topological polar surface area (TPSA) is 103 Å². The second-order valence-electron chi connectivity index (χ2n) is 4.79. The molecule has 1 aromatic carbocycles. The van der Waals surface area contributed by atoms with Crippen LogP contribution in [0.1, 0.15) is 17.3 Å². The Labute approximate surface area is 138 Å². The van der Waals surface area contributed by atoms with E-state index in [1.54, 1.807) is 25.1 Å². The first-order valence-corrected chi connectivity index (χ1v) is 7.30. The fraction of sp³-hybridized carbons (Fsp3) is 0.312. The van der Waals surface area contributed by atoms with Gasteiger partial charge in [0.25, 0.3) is 0 Å². The fourth-order valence-corrected chi connectivity index (χ4v) is 2.06. The number of nitrogens with one attached hydrogen (secondary N) is 2. The van der Waals surface area contributed by atoms with E-state index >= 15 is 0 Å². The van der Waals surface area contributed by atoms with Gasteiger partial charge in [0.05, 0.1) is 37.1 Å². The predicted octanol–water partition coefficient (Wildman–Crippen LogP) is 0.982. The van der Waals surface area contributed by atoms with Gasteiger partial charge in [-0.2, -0.15) is 0 Å². The minimum absolute atomic E-state index is 0.0494. The Balaban J connectivity index is 2.14. The van der Waals surface area contributed by atoms with Gasteiger partial charge in [0.1, 0.15) is 12.4 Å². The average molecular weight is 334 g/mol. The van der Waals surface area contributed by atoms with Crippen molar-refractivity contribution in [2.24, 2.45) is 0 Å². The van der Waals surface area contributed by atoms with E-state index in [0.29, 0.717) is 22.6 Å². The summed E-state index contributed by atoms with van der Waals surface area (Å²) < 4.78 is 15.2. The summed E-state index contributed by atoms with van der Waals surface area (Å²) in [5.74, 6) is -0.602. The minimum Gasteiger partial charge on any atom is -0.487 e. The van der Waals surface area contributed by atoms with Crippen LogP contribution in [-0.2, 0) is 14.3 Å². The first-order chi connectivity index (χ1) is 11.5. The number of rotatable bonds is 6. The van der Waals surface area contributed by atoms with E-state index in [4.69, 9.17) is 9.47 Å². The second kappa shape index (κ2) is 8.00. The van der Waals surface area contributed by atoms with E-state index in [9.17, 15) is 14.4 Å². The smallest absolute Gasteiger partial charge is 0.337 e. The normalized spacial score (nSPS) is 13.7. The molecule has 0 unspecified atom stereocenters. The predicted molar refractivity (Wildman–Crippen MR) is 83.5 cm³/mol. The van der Waals surface area contributed by atoms with E-state index in [1.165, 1.54) is 13.2 Å². The number of benzene rings is 1. The van der Waals surface area contributed by atoms with Crippen LogP contribution in [0.15, 0.2) is 35.5 Å². The number of carbonyl (C=O) groups is 3. The van der Waals surface area contributed by atoms with Crippen molar-refractivity contribution in [1.29, 1.82) is 0 Å². The van der Waals surface area contributed by atoms with Crippen LogP contribution in [0.5, 0.6) is 5.75 Å². The van der Waals surface area contributed by atoms with E-state index in [1.807, 2.05) is 0 Å². The molecule has 1 aliphatic rings. The summed E-state index contributed by atoms with van der Waals surface area (Å²) in [6.07, 6.45) is 0. The monoisotopic (exact) mass is 334 g/mol. The lowest BCUT2D eigenvalue weighted by Gasteiger charge is -2.21. The number of amides is 2. The number of hydrogen-bond acceptors (Lipinski definition) is 6. The van der Waals surface area contributed by atoms with Gasteiger partial charge in [0, 0.05) is 0 Å². The third-order valence-electron chi connectivity index (χ3n) is 3.21. The number of methoxy groups -OCH3 is 1. The largest absolute Gasteiger partial charge is 0.487 e. The van der Waals surface area contributed by atoms with Gasteiger partial charge in [-0.05, 0) is 25.1 Å². The number of carbonyl (C=O) groups excluding carboxylic acids is 3. The van der Waals surface area contributed by atoms with Crippen LogP contribution in [0.2, 0.25) is 0 Å². The molecule has 0 atom stereocenters. The summed E-state index contributed by atoms with van der Waals surface area (Å²) in [7, 11) is 1.29. The van der Waals surface area contributed by atoms with Gasteiger partial charge < -0.3 is 24.8 Å². The van der Waals surface area contributed by atoms with E-state index in [0.717, 1.165) is 0 Å². The Hall–Kier alpha value is -3.03. The Morgan fingerprint density at radius 2 is 2.04 bits per heavy atom. The third-order valence-corrected chi connectivity index (χ3v) is 3.21. The van der Waals surface area contributed by atoms with Crippen LogP contribution >= 0.6 is 0 Å². The quantitative estimate of drug-likeness (QED) is 0.752. The van der Waals surface area contributed by atoms with Crippen molar-refractivity contribution in [3.05, 3.63) is 41.1 Å². The zero-order valence-corrected chi connectivity index (χ0v) is 13.4. The van der Waals surface area contributed by atoms with Gasteiger partial charge in [-0.1, -0.05) is 6.07 Å². The molecular formula is C16H18N2O6. The van der Waals surface area contributed by atoms with Gasteiger partial charge in [0.2, 0.25) is 0 Å². The molecule has 0 aliphatic carbocycles. The molecule has 0 bridgehead atoms. The summed E-state index contributed by atoms with van der Waals surface area (Å²) in [5, 5.41) is 5.04. The van der Waals surface area contributed by atoms with Gasteiger partial charge in [-0.3, -0.25) is 0 Å². The van der Waals surface area contributed by atoms with Crippen LogP contribution in [-0.4, -0.2) is 44.8 Å². The average Bonchev–Trinajstić information content (AvgIpc) is 2.59. The number of urea groups is 1. The summed E-state index contributed by atoms with van der Waals surface area (Å²) in [6, 6.07) is 5.97. The number of ether oxygens (including phenoxy) is 3. The lowest BCUT2D eigenvalue weighted by Crippen LogP contribution is -2.45. The first kappa shape index (κ1) is 17.3. The van der Waals surface area contributed by atoms with Crippen LogP contribution in [0.3, 0.4) is 0 Å². The minimum atomic E-state index is -0.521. The molecule has 0 saturated heterocycles. The molecule has 24 heavy (non-hydrogen) atoms. The van der Waals surface area contributed by atoms with Gasteiger partial charge >= 0.3 is 18.0 Å². The summed E-state index contributed by atoms with van der Waals surface area (Å²) in [6.45, 7) is 1.94.